The number of anilines is 1. The summed E-state index contributed by atoms with van der Waals surface area (Å²) in [4.78, 5) is 21.2. The molecule has 0 saturated carbocycles. The Kier molecular flexibility index (Phi) is 7.06. The van der Waals surface area contributed by atoms with E-state index in [4.69, 9.17) is 4.74 Å². The average molecular weight is 448 g/mol. The van der Waals surface area contributed by atoms with Crippen molar-refractivity contribution in [3.8, 4) is 5.75 Å². The zero-order chi connectivity index (χ0) is 21.7. The van der Waals surface area contributed by atoms with Crippen molar-refractivity contribution in [3.05, 3.63) is 48.5 Å². The Balaban J connectivity index is 1.90. The summed E-state index contributed by atoms with van der Waals surface area (Å²) in [6, 6.07) is 13.6. The first-order chi connectivity index (χ1) is 14.3. The van der Waals surface area contributed by atoms with E-state index in [0.29, 0.717) is 24.8 Å². The van der Waals surface area contributed by atoms with E-state index in [1.54, 1.807) is 18.2 Å². The molecule has 0 bridgehead atoms. The Bertz CT molecular complexity index is 1110. The first-order valence-electron chi connectivity index (χ1n) is 9.56. The summed E-state index contributed by atoms with van der Waals surface area (Å²) in [7, 11) is 0.0546. The number of nitrogens with zero attached hydrogens (tertiary/aromatic N) is 3. The molecule has 0 aliphatic carbocycles. The lowest BCUT2D eigenvalue weighted by Gasteiger charge is -2.22. The molecule has 2 aromatic carbocycles. The van der Waals surface area contributed by atoms with E-state index in [1.165, 1.54) is 28.4 Å². The number of ether oxygens (including phenoxy) is 1. The quantitative estimate of drug-likeness (QED) is 0.502. The highest BCUT2D eigenvalue weighted by Crippen LogP contribution is 2.32. The molecule has 1 heterocycles. The fraction of sp³-hybridized carbons (Fsp3) is 0.333. The number of hydrogen-bond donors (Lipinski definition) is 0. The van der Waals surface area contributed by atoms with E-state index in [1.807, 2.05) is 44.1 Å². The van der Waals surface area contributed by atoms with E-state index in [2.05, 4.69) is 4.98 Å². The number of amides is 1. The number of benzene rings is 2. The molecule has 160 valence electrons. The summed E-state index contributed by atoms with van der Waals surface area (Å²) in [5, 5.41) is 0.480. The Labute approximate surface area is 180 Å². The molecule has 0 saturated heterocycles. The van der Waals surface area contributed by atoms with E-state index in [0.717, 1.165) is 16.0 Å². The van der Waals surface area contributed by atoms with Crippen LogP contribution in [-0.2, 0) is 14.6 Å². The maximum atomic E-state index is 13.1. The molecule has 0 aliphatic rings. The van der Waals surface area contributed by atoms with Crippen LogP contribution in [0.1, 0.15) is 6.92 Å². The van der Waals surface area contributed by atoms with Crippen molar-refractivity contribution in [2.45, 2.75) is 11.8 Å². The van der Waals surface area contributed by atoms with Gasteiger partial charge < -0.3 is 9.64 Å². The molecular formula is C21H25N3O4S2. The second-order valence-electron chi connectivity index (χ2n) is 6.98. The van der Waals surface area contributed by atoms with Crippen molar-refractivity contribution in [3.63, 3.8) is 0 Å². The van der Waals surface area contributed by atoms with Gasteiger partial charge in [-0.1, -0.05) is 29.5 Å². The highest BCUT2D eigenvalue weighted by Gasteiger charge is 2.26. The maximum absolute atomic E-state index is 13.1. The fourth-order valence-electron chi connectivity index (χ4n) is 2.84. The Morgan fingerprint density at radius 1 is 1.10 bits per heavy atom. The van der Waals surface area contributed by atoms with Gasteiger partial charge in [-0.2, -0.15) is 0 Å². The van der Waals surface area contributed by atoms with Crippen LogP contribution >= 0.6 is 11.3 Å². The van der Waals surface area contributed by atoms with Crippen molar-refractivity contribution in [2.24, 2.45) is 0 Å². The maximum Gasteiger partial charge on any atom is 0.244 e. The smallest absolute Gasteiger partial charge is 0.244 e. The molecule has 0 N–H and O–H groups in total. The highest BCUT2D eigenvalue weighted by molar-refractivity contribution is 7.92. The van der Waals surface area contributed by atoms with Crippen LogP contribution in [0, 0.1) is 0 Å². The number of carbonyl (C=O) groups excluding carboxylic acids is 1. The molecule has 0 spiro atoms. The van der Waals surface area contributed by atoms with Crippen molar-refractivity contribution in [1.82, 2.24) is 9.88 Å². The van der Waals surface area contributed by atoms with Crippen LogP contribution in [-0.4, -0.2) is 63.8 Å². The van der Waals surface area contributed by atoms with Crippen molar-refractivity contribution in [1.29, 1.82) is 0 Å². The number of carbonyl (C=O) groups is 1. The third kappa shape index (κ3) is 5.35. The summed E-state index contributed by atoms with van der Waals surface area (Å²) in [5.41, 5.74) is 0.743. The minimum absolute atomic E-state index is 0.136. The van der Waals surface area contributed by atoms with Gasteiger partial charge in [-0.15, -0.1) is 0 Å². The summed E-state index contributed by atoms with van der Waals surface area (Å²) in [6.07, 6.45) is 0. The minimum atomic E-state index is -3.74. The van der Waals surface area contributed by atoms with Crippen molar-refractivity contribution >= 4 is 42.4 Å². The fourth-order valence-corrected chi connectivity index (χ4v) is 5.10. The monoisotopic (exact) mass is 447 g/mol. The van der Waals surface area contributed by atoms with Crippen LogP contribution in [0.3, 0.4) is 0 Å². The third-order valence-electron chi connectivity index (χ3n) is 4.38. The second kappa shape index (κ2) is 9.55. The average Bonchev–Trinajstić information content (AvgIpc) is 3.11. The van der Waals surface area contributed by atoms with Crippen molar-refractivity contribution < 1.29 is 17.9 Å². The van der Waals surface area contributed by atoms with Crippen LogP contribution in [0.15, 0.2) is 53.4 Å². The summed E-state index contributed by atoms with van der Waals surface area (Å²) in [6.45, 7) is 3.39. The molecule has 7 nitrogen and oxygen atoms in total. The van der Waals surface area contributed by atoms with E-state index >= 15 is 0 Å². The van der Waals surface area contributed by atoms with Crippen molar-refractivity contribution in [2.75, 3.05) is 44.4 Å². The van der Waals surface area contributed by atoms with Crippen LogP contribution < -0.4 is 9.64 Å². The van der Waals surface area contributed by atoms with Gasteiger partial charge in [-0.25, -0.2) is 13.4 Å². The molecule has 0 aliphatic heterocycles. The predicted octanol–water partition coefficient (Wildman–Crippen LogP) is 3.06. The van der Waals surface area contributed by atoms with Gasteiger partial charge in [-0.3, -0.25) is 9.69 Å². The Hall–Kier alpha value is -2.49. The standard InChI is InChI=1S/C21H25N3O4S2/c1-4-28-16-10-11-18-19(14-16)29-21(22-18)24(13-12-23(2)3)20(25)15-30(26,27)17-8-6-5-7-9-17/h5-11,14H,4,12-13,15H2,1-3H3. The summed E-state index contributed by atoms with van der Waals surface area (Å²) in [5.74, 6) is -0.368. The number of rotatable bonds is 9. The van der Waals surface area contributed by atoms with Crippen LogP contribution in [0.4, 0.5) is 5.13 Å². The molecule has 0 fully saturated rings. The number of aromatic nitrogens is 1. The zero-order valence-corrected chi connectivity index (χ0v) is 18.9. The number of sulfone groups is 1. The topological polar surface area (TPSA) is 79.8 Å². The number of thiazole rings is 1. The lowest BCUT2D eigenvalue weighted by Crippen LogP contribution is -2.40. The lowest BCUT2D eigenvalue weighted by molar-refractivity contribution is -0.116. The van der Waals surface area contributed by atoms with E-state index < -0.39 is 21.5 Å². The van der Waals surface area contributed by atoms with Gasteiger partial charge >= 0.3 is 0 Å². The van der Waals surface area contributed by atoms with Gasteiger partial charge in [0.1, 0.15) is 11.5 Å². The molecular weight excluding hydrogens is 422 g/mol. The first kappa shape index (κ1) is 22.2. The largest absolute Gasteiger partial charge is 0.494 e. The highest BCUT2D eigenvalue weighted by atomic mass is 32.2. The van der Waals surface area contributed by atoms with Gasteiger partial charge in [0, 0.05) is 13.1 Å². The number of hydrogen-bond acceptors (Lipinski definition) is 7. The molecule has 0 unspecified atom stereocenters. The Morgan fingerprint density at radius 3 is 2.50 bits per heavy atom. The normalized spacial score (nSPS) is 11.7. The Morgan fingerprint density at radius 2 is 1.83 bits per heavy atom. The molecule has 1 amide bonds. The molecule has 30 heavy (non-hydrogen) atoms. The second-order valence-corrected chi connectivity index (χ2v) is 9.98. The summed E-state index contributed by atoms with van der Waals surface area (Å²) < 4.78 is 31.8. The van der Waals surface area contributed by atoms with Gasteiger partial charge in [0.05, 0.1) is 21.7 Å². The number of fused-ring (bicyclic) bond motifs is 1. The van der Waals surface area contributed by atoms with Crippen LogP contribution in [0.25, 0.3) is 10.2 Å². The zero-order valence-electron chi connectivity index (χ0n) is 17.2. The first-order valence-corrected chi connectivity index (χ1v) is 12.0. The molecule has 1 aromatic heterocycles. The number of likely N-dealkylation sites (N-methyl/N-ethyl adjacent to an activating group) is 1. The minimum Gasteiger partial charge on any atom is -0.494 e. The van der Waals surface area contributed by atoms with Gasteiger partial charge in [0.15, 0.2) is 15.0 Å². The molecule has 0 atom stereocenters. The van der Waals surface area contributed by atoms with Gasteiger partial charge in [0.25, 0.3) is 0 Å². The van der Waals surface area contributed by atoms with Crippen LogP contribution in [0.2, 0.25) is 0 Å². The molecule has 3 rings (SSSR count). The van der Waals surface area contributed by atoms with Gasteiger partial charge in [-0.05, 0) is 51.4 Å². The molecule has 9 heteroatoms. The summed E-state index contributed by atoms with van der Waals surface area (Å²) >= 11 is 1.35. The SMILES string of the molecule is CCOc1ccc2nc(N(CCN(C)C)C(=O)CS(=O)(=O)c3ccccc3)sc2c1. The third-order valence-corrected chi connectivity index (χ3v) is 7.04. The lowest BCUT2D eigenvalue weighted by atomic mass is 10.3. The van der Waals surface area contributed by atoms with E-state index in [9.17, 15) is 13.2 Å². The molecule has 0 radical (unpaired) electrons. The predicted molar refractivity (Wildman–Crippen MR) is 120 cm³/mol. The molecule has 3 aromatic rings. The van der Waals surface area contributed by atoms with Gasteiger partial charge in [0.2, 0.25) is 5.91 Å². The van der Waals surface area contributed by atoms with E-state index in [-0.39, 0.29) is 4.90 Å². The van der Waals surface area contributed by atoms with Crippen LogP contribution in [0.5, 0.6) is 5.75 Å².